The van der Waals surface area contributed by atoms with E-state index in [9.17, 15) is 9.18 Å². The van der Waals surface area contributed by atoms with Crippen LogP contribution >= 0.6 is 23.2 Å². The number of benzene rings is 2. The largest absolute Gasteiger partial charge is 0.468 e. The molecule has 5 nitrogen and oxygen atoms in total. The summed E-state index contributed by atoms with van der Waals surface area (Å²) in [5, 5.41) is 7.35. The molecular formula is C18H14Cl2FN3O2. The van der Waals surface area contributed by atoms with E-state index in [1.165, 1.54) is 16.8 Å². The fourth-order valence-electron chi connectivity index (χ4n) is 2.23. The van der Waals surface area contributed by atoms with Gasteiger partial charge in [0.15, 0.2) is 18.2 Å². The van der Waals surface area contributed by atoms with Gasteiger partial charge in [0, 0.05) is 6.20 Å². The zero-order valence-corrected chi connectivity index (χ0v) is 15.2. The Hall–Kier alpha value is -2.57. The Labute approximate surface area is 159 Å². The molecule has 0 aliphatic heterocycles. The van der Waals surface area contributed by atoms with Crippen molar-refractivity contribution >= 4 is 34.8 Å². The van der Waals surface area contributed by atoms with Crippen molar-refractivity contribution in [3.8, 4) is 5.75 Å². The lowest BCUT2D eigenvalue weighted by Crippen LogP contribution is -2.15. The van der Waals surface area contributed by atoms with E-state index in [1.807, 2.05) is 0 Å². The molecule has 2 aromatic carbocycles. The minimum atomic E-state index is -0.524. The zero-order chi connectivity index (χ0) is 18.7. The topological polar surface area (TPSA) is 56.2 Å². The molecule has 0 aliphatic rings. The van der Waals surface area contributed by atoms with Gasteiger partial charge in [0.25, 0.3) is 5.91 Å². The molecule has 134 valence electrons. The summed E-state index contributed by atoms with van der Waals surface area (Å²) in [6.45, 7) is 1.82. The van der Waals surface area contributed by atoms with Gasteiger partial charge in [-0.25, -0.2) is 9.07 Å². The molecule has 3 rings (SSSR count). The second-order valence-electron chi connectivity index (χ2n) is 5.50. The number of carbonyl (C=O) groups is 1. The van der Waals surface area contributed by atoms with Crippen molar-refractivity contribution in [2.75, 3.05) is 5.32 Å². The number of aryl methyl sites for hydroxylation is 1. The summed E-state index contributed by atoms with van der Waals surface area (Å²) in [6.07, 6.45) is 1.56. The summed E-state index contributed by atoms with van der Waals surface area (Å²) in [5.41, 5.74) is 1.06. The number of amides is 1. The van der Waals surface area contributed by atoms with Crippen molar-refractivity contribution in [2.45, 2.75) is 13.7 Å². The average molecular weight is 394 g/mol. The minimum Gasteiger partial charge on any atom is -0.468 e. The normalized spacial score (nSPS) is 10.6. The molecule has 0 atom stereocenters. The van der Waals surface area contributed by atoms with Crippen LogP contribution in [0.2, 0.25) is 10.0 Å². The summed E-state index contributed by atoms with van der Waals surface area (Å²) in [4.78, 5) is 12.2. The van der Waals surface area contributed by atoms with Crippen LogP contribution in [-0.4, -0.2) is 15.7 Å². The maximum absolute atomic E-state index is 13.7. The van der Waals surface area contributed by atoms with Gasteiger partial charge >= 0.3 is 0 Å². The fraction of sp³-hybridized carbons (Fsp3) is 0.111. The van der Waals surface area contributed by atoms with Crippen LogP contribution in [0.4, 0.5) is 10.1 Å². The molecule has 26 heavy (non-hydrogen) atoms. The first-order valence-corrected chi connectivity index (χ1v) is 8.37. The van der Waals surface area contributed by atoms with Crippen LogP contribution in [0.3, 0.4) is 0 Å². The second-order valence-corrected chi connectivity index (χ2v) is 6.32. The monoisotopic (exact) mass is 393 g/mol. The standard InChI is InChI=1S/C18H14Cl2FN3O2/c1-11-5-6-14(21)16(9-11)22-18(25)15-7-8-24(23-15)10-26-17-12(19)3-2-4-13(17)20/h2-9H,10H2,1H3,(H,22,25). The van der Waals surface area contributed by atoms with Crippen molar-refractivity contribution in [1.29, 1.82) is 0 Å². The van der Waals surface area contributed by atoms with Gasteiger partial charge in [0.1, 0.15) is 5.82 Å². The predicted octanol–water partition coefficient (Wildman–Crippen LogP) is 4.93. The highest BCUT2D eigenvalue weighted by molar-refractivity contribution is 6.37. The van der Waals surface area contributed by atoms with Crippen LogP contribution in [0.15, 0.2) is 48.7 Å². The van der Waals surface area contributed by atoms with Crippen molar-refractivity contribution in [1.82, 2.24) is 9.78 Å². The number of rotatable bonds is 5. The fourth-order valence-corrected chi connectivity index (χ4v) is 2.73. The molecule has 0 fully saturated rings. The predicted molar refractivity (Wildman–Crippen MR) is 98.4 cm³/mol. The number of anilines is 1. The van der Waals surface area contributed by atoms with Crippen molar-refractivity contribution < 1.29 is 13.9 Å². The third kappa shape index (κ3) is 4.15. The lowest BCUT2D eigenvalue weighted by Gasteiger charge is -2.09. The third-order valence-corrected chi connectivity index (χ3v) is 4.10. The van der Waals surface area contributed by atoms with Crippen LogP contribution in [0.5, 0.6) is 5.75 Å². The molecule has 0 radical (unpaired) electrons. The number of para-hydroxylation sites is 1. The van der Waals surface area contributed by atoms with Gasteiger partial charge in [-0.15, -0.1) is 0 Å². The number of hydrogen-bond donors (Lipinski definition) is 1. The molecule has 3 aromatic rings. The Balaban J connectivity index is 1.67. The highest BCUT2D eigenvalue weighted by atomic mass is 35.5. The Kier molecular flexibility index (Phi) is 5.44. The van der Waals surface area contributed by atoms with Crippen molar-refractivity contribution in [3.05, 3.63) is 75.8 Å². The van der Waals surface area contributed by atoms with Gasteiger partial charge < -0.3 is 10.1 Å². The first-order valence-electron chi connectivity index (χ1n) is 7.62. The van der Waals surface area contributed by atoms with E-state index in [-0.39, 0.29) is 18.1 Å². The number of carbonyl (C=O) groups excluding carboxylic acids is 1. The van der Waals surface area contributed by atoms with E-state index >= 15 is 0 Å². The summed E-state index contributed by atoms with van der Waals surface area (Å²) in [5.74, 6) is -0.705. The first-order chi connectivity index (χ1) is 12.4. The highest BCUT2D eigenvalue weighted by Crippen LogP contribution is 2.32. The number of aromatic nitrogens is 2. The summed E-state index contributed by atoms with van der Waals surface area (Å²) in [6, 6.07) is 11.0. The van der Waals surface area contributed by atoms with Crippen molar-refractivity contribution in [2.24, 2.45) is 0 Å². The number of nitrogens with one attached hydrogen (secondary N) is 1. The zero-order valence-electron chi connectivity index (χ0n) is 13.7. The summed E-state index contributed by atoms with van der Waals surface area (Å²) < 4.78 is 20.7. The maximum atomic E-state index is 13.7. The Morgan fingerprint density at radius 2 is 1.96 bits per heavy atom. The van der Waals surface area contributed by atoms with Gasteiger partial charge in [0.2, 0.25) is 0 Å². The first kappa shape index (κ1) is 18.2. The van der Waals surface area contributed by atoms with Crippen LogP contribution in [0.1, 0.15) is 16.1 Å². The quantitative estimate of drug-likeness (QED) is 0.668. The highest BCUT2D eigenvalue weighted by Gasteiger charge is 2.13. The molecule has 0 aliphatic carbocycles. The van der Waals surface area contributed by atoms with Gasteiger partial charge in [-0.3, -0.25) is 4.79 Å². The van der Waals surface area contributed by atoms with E-state index in [0.29, 0.717) is 15.8 Å². The van der Waals surface area contributed by atoms with Crippen LogP contribution < -0.4 is 10.1 Å². The molecule has 1 heterocycles. The summed E-state index contributed by atoms with van der Waals surface area (Å²) in [7, 11) is 0. The number of ether oxygens (including phenoxy) is 1. The molecule has 1 N–H and O–H groups in total. The minimum absolute atomic E-state index is 0.00946. The number of nitrogens with zero attached hydrogens (tertiary/aromatic N) is 2. The molecule has 1 aromatic heterocycles. The Bertz CT molecular complexity index is 939. The SMILES string of the molecule is Cc1ccc(F)c(NC(=O)c2ccn(COc3c(Cl)cccc3Cl)n2)c1. The smallest absolute Gasteiger partial charge is 0.276 e. The Morgan fingerprint density at radius 3 is 2.69 bits per heavy atom. The van der Waals surface area contributed by atoms with E-state index in [0.717, 1.165) is 5.56 Å². The third-order valence-electron chi connectivity index (χ3n) is 3.50. The molecule has 0 spiro atoms. The van der Waals surface area contributed by atoms with E-state index < -0.39 is 11.7 Å². The lowest BCUT2D eigenvalue weighted by molar-refractivity contribution is 0.101. The van der Waals surface area contributed by atoms with Gasteiger partial charge in [-0.1, -0.05) is 35.3 Å². The Morgan fingerprint density at radius 1 is 1.23 bits per heavy atom. The molecule has 1 amide bonds. The van der Waals surface area contributed by atoms with E-state index in [1.54, 1.807) is 43.5 Å². The maximum Gasteiger partial charge on any atom is 0.276 e. The lowest BCUT2D eigenvalue weighted by atomic mass is 10.2. The number of hydrogen-bond acceptors (Lipinski definition) is 3. The molecule has 8 heteroatoms. The van der Waals surface area contributed by atoms with E-state index in [2.05, 4.69) is 10.4 Å². The molecule has 0 unspecified atom stereocenters. The average Bonchev–Trinajstić information content (AvgIpc) is 3.07. The van der Waals surface area contributed by atoms with Gasteiger partial charge in [-0.2, -0.15) is 5.10 Å². The molecule has 0 saturated heterocycles. The number of halogens is 3. The van der Waals surface area contributed by atoms with Crippen molar-refractivity contribution in [3.63, 3.8) is 0 Å². The molecule has 0 bridgehead atoms. The molecular weight excluding hydrogens is 380 g/mol. The van der Waals surface area contributed by atoms with Crippen LogP contribution in [-0.2, 0) is 6.73 Å². The summed E-state index contributed by atoms with van der Waals surface area (Å²) >= 11 is 12.1. The van der Waals surface area contributed by atoms with Gasteiger partial charge in [0.05, 0.1) is 15.7 Å². The second kappa shape index (κ2) is 7.76. The van der Waals surface area contributed by atoms with Crippen LogP contribution in [0.25, 0.3) is 0 Å². The van der Waals surface area contributed by atoms with Crippen LogP contribution in [0, 0.1) is 12.7 Å². The van der Waals surface area contributed by atoms with Gasteiger partial charge in [-0.05, 0) is 42.8 Å². The van der Waals surface area contributed by atoms with E-state index in [4.69, 9.17) is 27.9 Å². The molecule has 0 saturated carbocycles.